The van der Waals surface area contributed by atoms with Crippen molar-refractivity contribution in [3.05, 3.63) is 71.0 Å². The Kier molecular flexibility index (Phi) is 4.40. The molecule has 0 unspecified atom stereocenters. The van der Waals surface area contributed by atoms with Gasteiger partial charge in [0, 0.05) is 48.6 Å². The lowest BCUT2D eigenvalue weighted by Crippen LogP contribution is -2.15. The Morgan fingerprint density at radius 3 is 2.54 bits per heavy atom. The molecule has 0 saturated heterocycles. The third kappa shape index (κ3) is 2.96. The van der Waals surface area contributed by atoms with Crippen molar-refractivity contribution in [2.45, 2.75) is 0 Å². The van der Waals surface area contributed by atoms with Crippen LogP contribution in [0.25, 0.3) is 5.57 Å². The number of rotatable bonds is 3. The van der Waals surface area contributed by atoms with Gasteiger partial charge in [0.25, 0.3) is 0 Å². The first kappa shape index (κ1) is 17.0. The maximum Gasteiger partial charge on any atom is 0.138 e. The van der Waals surface area contributed by atoms with Crippen molar-refractivity contribution in [3.8, 4) is 11.5 Å². The third-order valence-electron chi connectivity index (χ3n) is 4.42. The number of nitrogens with one attached hydrogen (secondary N) is 1. The van der Waals surface area contributed by atoms with E-state index in [-0.39, 0.29) is 0 Å². The van der Waals surface area contributed by atoms with E-state index in [2.05, 4.69) is 39.2 Å². The molecular formula is C21H19IN2O2. The highest BCUT2D eigenvalue weighted by atomic mass is 127. The topological polar surface area (TPSA) is 45.6 Å². The summed E-state index contributed by atoms with van der Waals surface area (Å²) >= 11 is -0.419. The lowest BCUT2D eigenvalue weighted by atomic mass is 9.90. The Balaban J connectivity index is 1.94. The van der Waals surface area contributed by atoms with Gasteiger partial charge in [0.15, 0.2) is 0 Å². The summed E-state index contributed by atoms with van der Waals surface area (Å²) in [6.45, 7) is 0. The minimum Gasteiger partial charge on any atom is -0.497 e. The van der Waals surface area contributed by atoms with Gasteiger partial charge >= 0.3 is 0 Å². The number of halogens is 1. The molecule has 0 spiro atoms. The Bertz CT molecular complexity index is 986. The lowest BCUT2D eigenvalue weighted by Gasteiger charge is -2.27. The van der Waals surface area contributed by atoms with Crippen LogP contribution < -0.4 is 14.4 Å². The molecule has 2 aromatic carbocycles. The molecule has 0 amide bonds. The average molecular weight is 458 g/mol. The maximum atomic E-state index is 8.04. The molecule has 0 aromatic heterocycles. The van der Waals surface area contributed by atoms with E-state index in [1.54, 1.807) is 7.11 Å². The van der Waals surface area contributed by atoms with E-state index in [0.717, 1.165) is 45.2 Å². The fourth-order valence-electron chi connectivity index (χ4n) is 3.07. The number of nitrogens with zero attached hydrogens (tertiary/aromatic N) is 1. The van der Waals surface area contributed by atoms with Crippen LogP contribution in [-0.2, 0) is 0 Å². The number of hydrogen-bond donors (Lipinski definition) is 1. The van der Waals surface area contributed by atoms with Gasteiger partial charge < -0.3 is 14.4 Å². The predicted octanol–water partition coefficient (Wildman–Crippen LogP) is 4.60. The molecule has 0 bridgehead atoms. The highest BCUT2D eigenvalue weighted by Gasteiger charge is 2.26. The summed E-state index contributed by atoms with van der Waals surface area (Å²) in [7, 11) is 5.71. The van der Waals surface area contributed by atoms with Gasteiger partial charge in [0.2, 0.25) is 0 Å². The molecule has 4 nitrogen and oxygen atoms in total. The number of anilines is 1. The number of benzene rings is 2. The molecule has 0 saturated carbocycles. The van der Waals surface area contributed by atoms with Crippen molar-refractivity contribution in [2.75, 3.05) is 26.1 Å². The monoisotopic (exact) mass is 458 g/mol. The fraction of sp³-hybridized carbons (Fsp3) is 0.143. The van der Waals surface area contributed by atoms with Gasteiger partial charge in [-0.3, -0.25) is 5.41 Å². The first-order valence-corrected chi connectivity index (χ1v) is 10.5. The van der Waals surface area contributed by atoms with Gasteiger partial charge in [-0.15, -0.1) is 0 Å². The van der Waals surface area contributed by atoms with Crippen LogP contribution in [0.4, 0.5) is 5.69 Å². The van der Waals surface area contributed by atoms with Crippen LogP contribution in [0.5, 0.6) is 11.5 Å². The van der Waals surface area contributed by atoms with E-state index < -0.39 is 20.7 Å². The minimum absolute atomic E-state index is 0.419. The molecule has 0 atom stereocenters. The van der Waals surface area contributed by atoms with E-state index in [4.69, 9.17) is 14.9 Å². The highest BCUT2D eigenvalue weighted by Crippen LogP contribution is 2.44. The Labute approximate surface area is 163 Å². The van der Waals surface area contributed by atoms with Gasteiger partial charge in [0.05, 0.1) is 10.8 Å². The van der Waals surface area contributed by atoms with Gasteiger partial charge in [-0.05, 0) is 33.8 Å². The number of methoxy groups -OCH3 is 1. The summed E-state index contributed by atoms with van der Waals surface area (Å²) in [5, 5.41) is 8.04. The van der Waals surface area contributed by atoms with Crippen LogP contribution in [0.3, 0.4) is 0 Å². The van der Waals surface area contributed by atoms with E-state index in [0.29, 0.717) is 3.72 Å². The van der Waals surface area contributed by atoms with Crippen LogP contribution in [0.15, 0.2) is 59.9 Å². The maximum absolute atomic E-state index is 8.04. The van der Waals surface area contributed by atoms with Crippen LogP contribution in [0.2, 0.25) is 0 Å². The van der Waals surface area contributed by atoms with Crippen molar-refractivity contribution in [2.24, 2.45) is 0 Å². The summed E-state index contributed by atoms with van der Waals surface area (Å²) in [5.41, 5.74) is 5.56. The van der Waals surface area contributed by atoms with Crippen LogP contribution in [0, 0.1) is 5.41 Å². The molecule has 4 rings (SSSR count). The van der Waals surface area contributed by atoms with E-state index >= 15 is 0 Å². The molecule has 1 N–H and O–H groups in total. The normalized spacial score (nSPS) is 15.3. The van der Waals surface area contributed by atoms with Crippen molar-refractivity contribution in [1.82, 2.24) is 0 Å². The second kappa shape index (κ2) is 6.72. The molecule has 2 aliphatic heterocycles. The highest BCUT2D eigenvalue weighted by molar-refractivity contribution is 14.2. The van der Waals surface area contributed by atoms with Crippen LogP contribution in [-0.4, -0.2) is 28.9 Å². The molecule has 26 heavy (non-hydrogen) atoms. The zero-order valence-electron chi connectivity index (χ0n) is 14.8. The molecule has 0 radical (unpaired) electrons. The molecule has 2 aromatic rings. The number of allylic oxidation sites excluding steroid dienone is 2. The predicted molar refractivity (Wildman–Crippen MR) is 116 cm³/mol. The smallest absolute Gasteiger partial charge is 0.138 e. The van der Waals surface area contributed by atoms with Gasteiger partial charge in [-0.25, -0.2) is 0 Å². The standard InChI is InChI=1S/C21H19IN2O2/c1-24(2)14-6-9-16-18(10-14)26-19-11-20(23)22-12-17(19)21(16)13-4-7-15(25-3)8-5-13/h4-12,23H,1-3H3. The molecular weight excluding hydrogens is 439 g/mol. The Morgan fingerprint density at radius 1 is 1.08 bits per heavy atom. The summed E-state index contributed by atoms with van der Waals surface area (Å²) < 4.78 is 14.4. The van der Waals surface area contributed by atoms with E-state index in [1.165, 1.54) is 0 Å². The van der Waals surface area contributed by atoms with Crippen molar-refractivity contribution in [3.63, 3.8) is 0 Å². The van der Waals surface area contributed by atoms with Crippen molar-refractivity contribution >= 4 is 39.7 Å². The third-order valence-corrected chi connectivity index (χ3v) is 6.34. The molecule has 0 aliphatic carbocycles. The first-order chi connectivity index (χ1) is 12.6. The molecule has 0 fully saturated rings. The molecule has 2 aliphatic rings. The molecule has 5 heteroatoms. The largest absolute Gasteiger partial charge is 0.497 e. The lowest BCUT2D eigenvalue weighted by molar-refractivity contribution is 0.415. The SMILES string of the molecule is COc1ccc(C2=C3C=IC(=N)C=C3Oc3cc(N(C)C)ccc32)cc1. The van der Waals surface area contributed by atoms with Crippen molar-refractivity contribution in [1.29, 1.82) is 5.41 Å². The molecule has 2 heterocycles. The van der Waals surface area contributed by atoms with Gasteiger partial charge in [0.1, 0.15) is 17.3 Å². The first-order valence-electron chi connectivity index (χ1n) is 8.22. The zero-order valence-corrected chi connectivity index (χ0v) is 17.0. The van der Waals surface area contributed by atoms with Crippen LogP contribution in [0.1, 0.15) is 11.1 Å². The van der Waals surface area contributed by atoms with Gasteiger partial charge in [-0.2, -0.15) is 0 Å². The second-order valence-corrected chi connectivity index (χ2v) is 8.68. The van der Waals surface area contributed by atoms with Crippen LogP contribution >= 0.6 is 20.7 Å². The summed E-state index contributed by atoms with van der Waals surface area (Å²) in [5.74, 6) is 2.45. The summed E-state index contributed by atoms with van der Waals surface area (Å²) in [6, 6.07) is 14.4. The van der Waals surface area contributed by atoms with Crippen molar-refractivity contribution < 1.29 is 9.47 Å². The van der Waals surface area contributed by atoms with E-state index in [1.807, 2.05) is 32.3 Å². The average Bonchev–Trinajstić information content (AvgIpc) is 2.65. The molecule has 132 valence electrons. The zero-order chi connectivity index (χ0) is 18.3. The number of hydrogen-bond acceptors (Lipinski definition) is 4. The number of fused-ring (bicyclic) bond motifs is 2. The fourth-order valence-corrected chi connectivity index (χ4v) is 4.79. The van der Waals surface area contributed by atoms with E-state index in [9.17, 15) is 0 Å². The van der Waals surface area contributed by atoms with Gasteiger partial charge in [-0.1, -0.05) is 32.9 Å². The number of ether oxygens (including phenoxy) is 2. The Hall–Kier alpha value is -2.41. The summed E-state index contributed by atoms with van der Waals surface area (Å²) in [4.78, 5) is 2.06. The minimum atomic E-state index is -0.419. The summed E-state index contributed by atoms with van der Waals surface area (Å²) in [6.07, 6.45) is 1.87. The second-order valence-electron chi connectivity index (χ2n) is 6.27. The Morgan fingerprint density at radius 2 is 1.85 bits per heavy atom. The quantitative estimate of drug-likeness (QED) is 0.684.